The number of benzene rings is 1. The highest BCUT2D eigenvalue weighted by Gasteiger charge is 2.29. The zero-order valence-corrected chi connectivity index (χ0v) is 13.6. The number of hydrogen-bond acceptors (Lipinski definition) is 5. The van der Waals surface area contributed by atoms with Gasteiger partial charge in [0.2, 0.25) is 0 Å². The van der Waals surface area contributed by atoms with Crippen LogP contribution in [0.4, 0.5) is 11.4 Å². The SMILES string of the molecule is CCC(CC)(CN)NC(=O)c1ccc(NC2CC2)c([N+](=O)[O-])c1. The van der Waals surface area contributed by atoms with Crippen LogP contribution in [0.15, 0.2) is 18.2 Å². The second-order valence-corrected chi connectivity index (χ2v) is 6.05. The molecule has 0 saturated heterocycles. The fourth-order valence-electron chi connectivity index (χ4n) is 2.47. The Labute approximate surface area is 135 Å². The largest absolute Gasteiger partial charge is 0.377 e. The highest BCUT2D eigenvalue weighted by molar-refractivity contribution is 5.96. The number of nitro groups is 1. The van der Waals surface area contributed by atoms with E-state index < -0.39 is 10.5 Å². The summed E-state index contributed by atoms with van der Waals surface area (Å²) in [5.41, 5.74) is 5.98. The molecule has 1 aromatic carbocycles. The van der Waals surface area contributed by atoms with E-state index in [1.807, 2.05) is 13.8 Å². The Morgan fingerprint density at radius 3 is 2.52 bits per heavy atom. The van der Waals surface area contributed by atoms with Crippen LogP contribution in [0.5, 0.6) is 0 Å². The molecular weight excluding hydrogens is 296 g/mol. The van der Waals surface area contributed by atoms with Crippen LogP contribution in [0.25, 0.3) is 0 Å². The number of hydrogen-bond donors (Lipinski definition) is 3. The van der Waals surface area contributed by atoms with Crippen molar-refractivity contribution in [1.82, 2.24) is 5.32 Å². The number of nitrogens with one attached hydrogen (secondary N) is 2. The zero-order valence-electron chi connectivity index (χ0n) is 13.6. The molecule has 4 N–H and O–H groups in total. The molecule has 2 rings (SSSR count). The van der Waals surface area contributed by atoms with Crippen LogP contribution < -0.4 is 16.4 Å². The topological polar surface area (TPSA) is 110 Å². The van der Waals surface area contributed by atoms with Crippen molar-refractivity contribution in [2.45, 2.75) is 51.1 Å². The summed E-state index contributed by atoms with van der Waals surface area (Å²) in [7, 11) is 0. The van der Waals surface area contributed by atoms with Gasteiger partial charge in [-0.25, -0.2) is 0 Å². The third-order valence-electron chi connectivity index (χ3n) is 4.52. The summed E-state index contributed by atoms with van der Waals surface area (Å²) in [5, 5.41) is 17.3. The number of anilines is 1. The first kappa shape index (κ1) is 17.2. The molecule has 1 aliphatic rings. The molecule has 126 valence electrons. The van der Waals surface area contributed by atoms with Crippen molar-refractivity contribution in [3.8, 4) is 0 Å². The molecule has 1 amide bonds. The summed E-state index contributed by atoms with van der Waals surface area (Å²) in [4.78, 5) is 23.3. The molecule has 0 heterocycles. The van der Waals surface area contributed by atoms with Gasteiger partial charge >= 0.3 is 0 Å². The van der Waals surface area contributed by atoms with E-state index in [0.717, 1.165) is 12.8 Å². The molecule has 1 aromatic rings. The molecular formula is C16H24N4O3. The van der Waals surface area contributed by atoms with Gasteiger partial charge in [-0.15, -0.1) is 0 Å². The van der Waals surface area contributed by atoms with E-state index in [1.54, 1.807) is 12.1 Å². The normalized spacial score (nSPS) is 14.4. The molecule has 0 aromatic heterocycles. The lowest BCUT2D eigenvalue weighted by Crippen LogP contribution is -2.52. The van der Waals surface area contributed by atoms with Crippen molar-refractivity contribution >= 4 is 17.3 Å². The molecule has 7 heteroatoms. The third-order valence-corrected chi connectivity index (χ3v) is 4.52. The van der Waals surface area contributed by atoms with Gasteiger partial charge in [0.05, 0.1) is 10.5 Å². The highest BCUT2D eigenvalue weighted by atomic mass is 16.6. The fraction of sp³-hybridized carbons (Fsp3) is 0.562. The minimum Gasteiger partial charge on any atom is -0.377 e. The van der Waals surface area contributed by atoms with Crippen LogP contribution in [-0.4, -0.2) is 29.0 Å². The monoisotopic (exact) mass is 320 g/mol. The van der Waals surface area contributed by atoms with Gasteiger partial charge in [0.1, 0.15) is 5.69 Å². The molecule has 1 saturated carbocycles. The van der Waals surface area contributed by atoms with Gasteiger partial charge < -0.3 is 16.4 Å². The summed E-state index contributed by atoms with van der Waals surface area (Å²) >= 11 is 0. The lowest BCUT2D eigenvalue weighted by molar-refractivity contribution is -0.384. The van der Waals surface area contributed by atoms with E-state index >= 15 is 0 Å². The predicted molar refractivity (Wildman–Crippen MR) is 89.6 cm³/mol. The Kier molecular flexibility index (Phi) is 5.20. The first-order valence-corrected chi connectivity index (χ1v) is 8.02. The van der Waals surface area contributed by atoms with Crippen molar-refractivity contribution < 1.29 is 9.72 Å². The highest BCUT2D eigenvalue weighted by Crippen LogP contribution is 2.31. The van der Waals surface area contributed by atoms with Gasteiger partial charge in [-0.3, -0.25) is 14.9 Å². The Morgan fingerprint density at radius 2 is 2.04 bits per heavy atom. The van der Waals surface area contributed by atoms with E-state index in [9.17, 15) is 14.9 Å². The predicted octanol–water partition coefficient (Wildman–Crippen LogP) is 2.42. The number of nitro benzene ring substituents is 1. The summed E-state index contributed by atoms with van der Waals surface area (Å²) in [6.07, 6.45) is 3.45. The maximum absolute atomic E-state index is 12.4. The summed E-state index contributed by atoms with van der Waals surface area (Å²) < 4.78 is 0. The minimum atomic E-state index is -0.475. The van der Waals surface area contributed by atoms with Crippen LogP contribution in [0.3, 0.4) is 0 Å². The Hall–Kier alpha value is -2.15. The van der Waals surface area contributed by atoms with Crippen LogP contribution in [0.1, 0.15) is 49.9 Å². The molecule has 0 unspecified atom stereocenters. The average Bonchev–Trinajstić information content (AvgIpc) is 3.36. The second kappa shape index (κ2) is 6.95. The van der Waals surface area contributed by atoms with Gasteiger partial charge in [-0.05, 0) is 37.8 Å². The van der Waals surface area contributed by atoms with E-state index in [-0.39, 0.29) is 17.2 Å². The van der Waals surface area contributed by atoms with Gasteiger partial charge in [-0.1, -0.05) is 13.8 Å². The van der Waals surface area contributed by atoms with Gasteiger partial charge in [0.15, 0.2) is 0 Å². The average molecular weight is 320 g/mol. The van der Waals surface area contributed by atoms with Crippen molar-refractivity contribution in [3.63, 3.8) is 0 Å². The number of carbonyl (C=O) groups excluding carboxylic acids is 1. The fourth-order valence-corrected chi connectivity index (χ4v) is 2.47. The Morgan fingerprint density at radius 1 is 1.39 bits per heavy atom. The van der Waals surface area contributed by atoms with Crippen LogP contribution in [0.2, 0.25) is 0 Å². The van der Waals surface area contributed by atoms with Crippen molar-refractivity contribution in [2.75, 3.05) is 11.9 Å². The van der Waals surface area contributed by atoms with Gasteiger partial charge in [-0.2, -0.15) is 0 Å². The maximum Gasteiger partial charge on any atom is 0.293 e. The molecule has 0 spiro atoms. The van der Waals surface area contributed by atoms with E-state index in [1.165, 1.54) is 6.07 Å². The van der Waals surface area contributed by atoms with Crippen LogP contribution in [-0.2, 0) is 0 Å². The summed E-state index contributed by atoms with van der Waals surface area (Å²) in [5.74, 6) is -0.333. The van der Waals surface area contributed by atoms with Gasteiger partial charge in [0.25, 0.3) is 11.6 Å². The first-order chi connectivity index (χ1) is 10.9. The number of nitrogens with two attached hydrogens (primary N) is 1. The number of carbonyl (C=O) groups is 1. The molecule has 0 radical (unpaired) electrons. The summed E-state index contributed by atoms with van der Waals surface area (Å²) in [6.45, 7) is 4.25. The standard InChI is InChI=1S/C16H24N4O3/c1-3-16(4-2,10-17)19-15(21)11-5-8-13(18-12-6-7-12)14(9-11)20(22)23/h5,8-9,12,18H,3-4,6-7,10,17H2,1-2H3,(H,19,21). The quantitative estimate of drug-likeness (QED) is 0.503. The lowest BCUT2D eigenvalue weighted by Gasteiger charge is -2.31. The van der Waals surface area contributed by atoms with E-state index in [2.05, 4.69) is 10.6 Å². The van der Waals surface area contributed by atoms with Crippen molar-refractivity contribution in [1.29, 1.82) is 0 Å². The molecule has 23 heavy (non-hydrogen) atoms. The maximum atomic E-state index is 12.4. The van der Waals surface area contributed by atoms with Crippen molar-refractivity contribution in [2.24, 2.45) is 5.73 Å². The Balaban J connectivity index is 2.23. The van der Waals surface area contributed by atoms with Crippen LogP contribution >= 0.6 is 0 Å². The minimum absolute atomic E-state index is 0.0732. The third kappa shape index (κ3) is 3.98. The molecule has 0 aliphatic heterocycles. The number of amides is 1. The number of nitrogens with zero attached hydrogens (tertiary/aromatic N) is 1. The smallest absolute Gasteiger partial charge is 0.293 e. The molecule has 7 nitrogen and oxygen atoms in total. The van der Waals surface area contributed by atoms with E-state index in [4.69, 9.17) is 5.73 Å². The molecule has 0 atom stereocenters. The molecule has 1 fully saturated rings. The van der Waals surface area contributed by atoms with Crippen LogP contribution in [0, 0.1) is 10.1 Å². The first-order valence-electron chi connectivity index (χ1n) is 8.02. The number of rotatable bonds is 8. The van der Waals surface area contributed by atoms with Crippen molar-refractivity contribution in [3.05, 3.63) is 33.9 Å². The lowest BCUT2D eigenvalue weighted by atomic mass is 9.92. The zero-order chi connectivity index (χ0) is 17.0. The molecule has 0 bridgehead atoms. The summed E-state index contributed by atoms with van der Waals surface area (Å²) in [6, 6.07) is 4.85. The second-order valence-electron chi connectivity index (χ2n) is 6.05. The Bertz CT molecular complexity index is 587. The van der Waals surface area contributed by atoms with Gasteiger partial charge in [0, 0.05) is 24.2 Å². The van der Waals surface area contributed by atoms with E-state index in [0.29, 0.717) is 31.1 Å². The molecule has 1 aliphatic carbocycles.